The average Bonchev–Trinajstić information content (AvgIpc) is 3.18. The lowest BCUT2D eigenvalue weighted by Crippen LogP contribution is -2.39. The molecule has 0 saturated carbocycles. The molecule has 120 valence electrons. The van der Waals surface area contributed by atoms with Crippen molar-refractivity contribution in [3.05, 3.63) is 23.4 Å². The minimum Gasteiger partial charge on any atom is -0.418 e. The maximum atomic E-state index is 12.2. The van der Waals surface area contributed by atoms with E-state index in [9.17, 15) is 4.79 Å². The van der Waals surface area contributed by atoms with Gasteiger partial charge in [-0.05, 0) is 39.3 Å². The van der Waals surface area contributed by atoms with Crippen LogP contribution in [0.3, 0.4) is 0 Å². The summed E-state index contributed by atoms with van der Waals surface area (Å²) in [6.07, 6.45) is 0. The molecule has 0 aromatic carbocycles. The number of carbonyl (C=O) groups excluding carboxylic acids is 1. The molecule has 7 heteroatoms. The van der Waals surface area contributed by atoms with Gasteiger partial charge in [-0.15, -0.1) is 21.5 Å². The van der Waals surface area contributed by atoms with Crippen molar-refractivity contribution in [3.63, 3.8) is 0 Å². The lowest BCUT2D eigenvalue weighted by Gasteiger charge is -2.25. The van der Waals surface area contributed by atoms with E-state index < -0.39 is 0 Å². The van der Waals surface area contributed by atoms with Crippen LogP contribution in [0.5, 0.6) is 0 Å². The van der Waals surface area contributed by atoms with Crippen LogP contribution in [-0.2, 0) is 4.79 Å². The fourth-order valence-electron chi connectivity index (χ4n) is 2.12. The minimum atomic E-state index is -0.110. The number of amides is 1. The fourth-order valence-corrected chi connectivity index (χ4v) is 2.76. The second-order valence-electron chi connectivity index (χ2n) is 5.08. The molecule has 2 aromatic rings. The summed E-state index contributed by atoms with van der Waals surface area (Å²) in [5, 5.41) is 10.2. The largest absolute Gasteiger partial charge is 0.418 e. The Balaban J connectivity index is 2.01. The van der Waals surface area contributed by atoms with Crippen LogP contribution in [0.2, 0.25) is 0 Å². The van der Waals surface area contributed by atoms with Crippen molar-refractivity contribution in [2.75, 3.05) is 26.7 Å². The summed E-state index contributed by atoms with van der Waals surface area (Å²) >= 11 is 1.56. The number of hydrogen-bond donors (Lipinski definition) is 0. The van der Waals surface area contributed by atoms with E-state index in [0.29, 0.717) is 18.3 Å². The second kappa shape index (κ2) is 7.51. The smallest absolute Gasteiger partial charge is 0.257 e. The molecular weight excluding hydrogens is 300 g/mol. The van der Waals surface area contributed by atoms with E-state index in [2.05, 4.69) is 10.2 Å². The average molecular weight is 322 g/mol. The van der Waals surface area contributed by atoms with Gasteiger partial charge in [-0.3, -0.25) is 9.69 Å². The molecule has 0 aliphatic rings. The SMILES string of the molecule is CCN(CC)C(=O)CN(C)C(C)c1nnc(-c2cccs2)o1. The van der Waals surface area contributed by atoms with Gasteiger partial charge in [-0.1, -0.05) is 6.07 Å². The van der Waals surface area contributed by atoms with Gasteiger partial charge in [0.2, 0.25) is 11.8 Å². The van der Waals surface area contributed by atoms with Crippen LogP contribution in [0.25, 0.3) is 10.8 Å². The standard InChI is InChI=1S/C15H22N4O2S/c1-5-19(6-2)13(20)10-18(4)11(3)14-16-17-15(21-14)12-8-7-9-22-12/h7-9,11H,5-6,10H2,1-4H3. The first-order valence-electron chi connectivity index (χ1n) is 7.42. The summed E-state index contributed by atoms with van der Waals surface area (Å²) in [5.74, 6) is 1.16. The van der Waals surface area contributed by atoms with E-state index in [1.54, 1.807) is 11.3 Å². The Morgan fingerprint density at radius 2 is 2.09 bits per heavy atom. The molecule has 6 nitrogen and oxygen atoms in total. The van der Waals surface area contributed by atoms with Crippen molar-refractivity contribution in [1.82, 2.24) is 20.0 Å². The van der Waals surface area contributed by atoms with E-state index in [0.717, 1.165) is 18.0 Å². The van der Waals surface area contributed by atoms with Crippen molar-refractivity contribution in [1.29, 1.82) is 0 Å². The molecule has 0 bridgehead atoms. The summed E-state index contributed by atoms with van der Waals surface area (Å²) in [6.45, 7) is 7.70. The minimum absolute atomic E-state index is 0.109. The van der Waals surface area contributed by atoms with Gasteiger partial charge >= 0.3 is 0 Å². The molecule has 1 amide bonds. The molecular formula is C15H22N4O2S. The molecule has 0 saturated heterocycles. The zero-order valence-corrected chi connectivity index (χ0v) is 14.3. The Bertz CT molecular complexity index is 592. The topological polar surface area (TPSA) is 62.5 Å². The van der Waals surface area contributed by atoms with Gasteiger partial charge in [0, 0.05) is 13.1 Å². The summed E-state index contributed by atoms with van der Waals surface area (Å²) in [4.78, 5) is 16.9. The second-order valence-corrected chi connectivity index (χ2v) is 6.03. The summed E-state index contributed by atoms with van der Waals surface area (Å²) in [6, 6.07) is 3.78. The maximum absolute atomic E-state index is 12.2. The molecule has 0 aliphatic carbocycles. The van der Waals surface area contributed by atoms with Gasteiger partial charge in [0.1, 0.15) is 0 Å². The van der Waals surface area contributed by atoms with Gasteiger partial charge in [0.15, 0.2) is 0 Å². The first-order chi connectivity index (χ1) is 10.6. The Kier molecular flexibility index (Phi) is 5.68. The molecule has 1 unspecified atom stereocenters. The molecule has 0 N–H and O–H groups in total. The third-order valence-corrected chi connectivity index (χ3v) is 4.55. The molecule has 1 atom stereocenters. The third-order valence-electron chi connectivity index (χ3n) is 3.69. The number of carbonyl (C=O) groups is 1. The van der Waals surface area contributed by atoms with E-state index in [1.165, 1.54) is 0 Å². The maximum Gasteiger partial charge on any atom is 0.257 e. The van der Waals surface area contributed by atoms with Crippen LogP contribution in [0, 0.1) is 0 Å². The van der Waals surface area contributed by atoms with Crippen LogP contribution in [0.1, 0.15) is 32.7 Å². The molecule has 22 heavy (non-hydrogen) atoms. The molecule has 2 aromatic heterocycles. The van der Waals surface area contributed by atoms with Gasteiger partial charge in [0.25, 0.3) is 5.89 Å². The van der Waals surface area contributed by atoms with E-state index in [1.807, 2.05) is 55.1 Å². The number of nitrogens with zero attached hydrogens (tertiary/aromatic N) is 4. The first-order valence-corrected chi connectivity index (χ1v) is 8.30. The van der Waals surface area contributed by atoms with Gasteiger partial charge in [-0.25, -0.2) is 0 Å². The molecule has 0 fully saturated rings. The third kappa shape index (κ3) is 3.72. The van der Waals surface area contributed by atoms with Crippen molar-refractivity contribution in [2.24, 2.45) is 0 Å². The van der Waals surface area contributed by atoms with Gasteiger partial charge < -0.3 is 9.32 Å². The van der Waals surface area contributed by atoms with Gasteiger partial charge in [-0.2, -0.15) is 0 Å². The number of aromatic nitrogens is 2. The van der Waals surface area contributed by atoms with Crippen molar-refractivity contribution in [2.45, 2.75) is 26.8 Å². The number of hydrogen-bond acceptors (Lipinski definition) is 6. The van der Waals surface area contributed by atoms with Crippen molar-refractivity contribution in [3.8, 4) is 10.8 Å². The lowest BCUT2D eigenvalue weighted by atomic mass is 10.3. The van der Waals surface area contributed by atoms with Crippen molar-refractivity contribution >= 4 is 17.2 Å². The highest BCUT2D eigenvalue weighted by Crippen LogP contribution is 2.26. The summed E-state index contributed by atoms with van der Waals surface area (Å²) in [5.41, 5.74) is 0. The molecule has 0 radical (unpaired) electrons. The Hall–Kier alpha value is -1.73. The van der Waals surface area contributed by atoms with E-state index in [4.69, 9.17) is 4.42 Å². The molecule has 0 aliphatic heterocycles. The normalized spacial score (nSPS) is 12.6. The van der Waals surface area contributed by atoms with Crippen LogP contribution >= 0.6 is 11.3 Å². The van der Waals surface area contributed by atoms with E-state index >= 15 is 0 Å². The number of likely N-dealkylation sites (N-methyl/N-ethyl adjacent to an activating group) is 2. The highest BCUT2D eigenvalue weighted by Gasteiger charge is 2.22. The fraction of sp³-hybridized carbons (Fsp3) is 0.533. The van der Waals surface area contributed by atoms with Crippen molar-refractivity contribution < 1.29 is 9.21 Å². The van der Waals surface area contributed by atoms with Crippen LogP contribution in [0.4, 0.5) is 0 Å². The Morgan fingerprint density at radius 3 is 2.68 bits per heavy atom. The van der Waals surface area contributed by atoms with Gasteiger partial charge in [0.05, 0.1) is 17.5 Å². The zero-order chi connectivity index (χ0) is 16.1. The molecule has 2 heterocycles. The quantitative estimate of drug-likeness (QED) is 0.784. The molecule has 2 rings (SSSR count). The first kappa shape index (κ1) is 16.6. The lowest BCUT2D eigenvalue weighted by molar-refractivity contribution is -0.132. The predicted molar refractivity (Wildman–Crippen MR) is 86.6 cm³/mol. The summed E-state index contributed by atoms with van der Waals surface area (Å²) in [7, 11) is 1.89. The van der Waals surface area contributed by atoms with Crippen LogP contribution in [0.15, 0.2) is 21.9 Å². The Morgan fingerprint density at radius 1 is 1.36 bits per heavy atom. The Labute approximate surface area is 134 Å². The monoisotopic (exact) mass is 322 g/mol. The number of rotatable bonds is 7. The van der Waals surface area contributed by atoms with Crippen LogP contribution in [-0.4, -0.2) is 52.6 Å². The predicted octanol–water partition coefficient (Wildman–Crippen LogP) is 2.66. The van der Waals surface area contributed by atoms with Crippen LogP contribution < -0.4 is 0 Å². The van der Waals surface area contributed by atoms with E-state index in [-0.39, 0.29) is 11.9 Å². The highest BCUT2D eigenvalue weighted by molar-refractivity contribution is 7.13. The number of thiophene rings is 1. The highest BCUT2D eigenvalue weighted by atomic mass is 32.1. The zero-order valence-electron chi connectivity index (χ0n) is 13.4. The molecule has 0 spiro atoms. The summed E-state index contributed by atoms with van der Waals surface area (Å²) < 4.78 is 5.73.